The minimum Gasteiger partial charge on any atom is -0.503 e. The van der Waals surface area contributed by atoms with E-state index in [9.17, 15) is 9.90 Å². The Bertz CT molecular complexity index is 1180. The Hall–Kier alpha value is -3.47. The van der Waals surface area contributed by atoms with Crippen LogP contribution >= 0.6 is 15.9 Å². The number of amides is 1. The molecule has 2 N–H and O–H groups in total. The van der Waals surface area contributed by atoms with E-state index in [4.69, 9.17) is 9.47 Å². The van der Waals surface area contributed by atoms with Crippen LogP contribution in [0.25, 0.3) is 0 Å². The summed E-state index contributed by atoms with van der Waals surface area (Å²) in [6, 6.07) is 9.87. The molecule has 3 aromatic rings. The van der Waals surface area contributed by atoms with E-state index in [1.807, 2.05) is 6.07 Å². The molecule has 1 aromatic heterocycles. The first kappa shape index (κ1) is 20.8. The van der Waals surface area contributed by atoms with E-state index in [0.717, 1.165) is 0 Å². The minimum atomic E-state index is -0.734. The summed E-state index contributed by atoms with van der Waals surface area (Å²) in [4.78, 5) is 17.9. The highest BCUT2D eigenvalue weighted by atomic mass is 79.9. The van der Waals surface area contributed by atoms with Gasteiger partial charge in [0.2, 0.25) is 5.91 Å². The van der Waals surface area contributed by atoms with E-state index in [1.54, 1.807) is 37.3 Å². The number of phenolic OH excluding ortho intramolecular Hbond substituents is 1. The van der Waals surface area contributed by atoms with Crippen LogP contribution in [0, 0.1) is 5.92 Å². The Kier molecular flexibility index (Phi) is 5.59. The number of benzene rings is 2. The number of fused-ring (bicyclic) bond motifs is 1. The molecule has 160 valence electrons. The zero-order chi connectivity index (χ0) is 22.1. The molecular formula is C20H19BrN6O4. The van der Waals surface area contributed by atoms with Gasteiger partial charge in [-0.3, -0.25) is 4.79 Å². The Balaban J connectivity index is 1.80. The van der Waals surface area contributed by atoms with E-state index in [2.05, 4.69) is 41.8 Å². The number of nitrogens with one attached hydrogen (secondary N) is 1. The summed E-state index contributed by atoms with van der Waals surface area (Å²) in [7, 11) is 2.99. The van der Waals surface area contributed by atoms with Gasteiger partial charge in [-0.1, -0.05) is 17.2 Å². The Morgan fingerprint density at radius 2 is 1.94 bits per heavy atom. The average molecular weight is 487 g/mol. The summed E-state index contributed by atoms with van der Waals surface area (Å²) in [6.45, 7) is 1.75. The lowest BCUT2D eigenvalue weighted by Crippen LogP contribution is -2.39. The number of hydrogen-bond acceptors (Lipinski definition) is 8. The number of carbonyl (C=O) groups excluding carboxylic acids is 1. The number of phenols is 1. The largest absolute Gasteiger partial charge is 0.503 e. The molecule has 0 aliphatic carbocycles. The van der Waals surface area contributed by atoms with Crippen molar-refractivity contribution in [3.05, 3.63) is 46.4 Å². The number of ether oxygens (including phenoxy) is 2. The predicted octanol–water partition coefficient (Wildman–Crippen LogP) is 3.11. The van der Waals surface area contributed by atoms with Gasteiger partial charge in [0.25, 0.3) is 5.95 Å². The van der Waals surface area contributed by atoms with Crippen LogP contribution in [0.15, 0.2) is 45.9 Å². The molecular weight excluding hydrogens is 468 g/mol. The molecule has 0 fully saturated rings. The van der Waals surface area contributed by atoms with Crippen LogP contribution in [-0.4, -0.2) is 51.2 Å². The van der Waals surface area contributed by atoms with Crippen molar-refractivity contribution in [2.45, 2.75) is 13.0 Å². The van der Waals surface area contributed by atoms with Crippen molar-refractivity contribution in [2.24, 2.45) is 10.9 Å². The number of methoxy groups -OCH3 is 2. The van der Waals surface area contributed by atoms with Crippen molar-refractivity contribution in [3.8, 4) is 17.2 Å². The third-order valence-corrected chi connectivity index (χ3v) is 5.65. The minimum absolute atomic E-state index is 0.0422. The lowest BCUT2D eigenvalue weighted by Gasteiger charge is -2.30. The summed E-state index contributed by atoms with van der Waals surface area (Å²) < 4.78 is 12.5. The van der Waals surface area contributed by atoms with Crippen LogP contribution in [0.4, 0.5) is 11.6 Å². The van der Waals surface area contributed by atoms with E-state index in [1.165, 1.54) is 18.9 Å². The molecule has 1 aliphatic rings. The average Bonchev–Trinajstić information content (AvgIpc) is 3.22. The molecule has 0 saturated heterocycles. The fourth-order valence-electron chi connectivity index (χ4n) is 3.58. The first-order chi connectivity index (χ1) is 14.9. The van der Waals surface area contributed by atoms with Gasteiger partial charge in [-0.2, -0.15) is 0 Å². The third kappa shape index (κ3) is 3.72. The Labute approximate surface area is 186 Å². The molecule has 2 unspecified atom stereocenters. The molecule has 2 aromatic carbocycles. The second kappa shape index (κ2) is 8.34. The highest BCUT2D eigenvalue weighted by molar-refractivity contribution is 9.10. The van der Waals surface area contributed by atoms with Crippen LogP contribution < -0.4 is 14.8 Å². The lowest BCUT2D eigenvalue weighted by atomic mass is 9.87. The highest BCUT2D eigenvalue weighted by Crippen LogP contribution is 2.42. The molecule has 2 atom stereocenters. The maximum Gasteiger partial charge on any atom is 0.269 e. The molecule has 0 spiro atoms. The molecule has 10 nitrogen and oxygen atoms in total. The van der Waals surface area contributed by atoms with Crippen LogP contribution in [0.2, 0.25) is 0 Å². The fourth-order valence-corrected chi connectivity index (χ4v) is 4.04. The fraction of sp³-hybridized carbons (Fsp3) is 0.250. The van der Waals surface area contributed by atoms with Crippen LogP contribution in [0.1, 0.15) is 18.5 Å². The predicted molar refractivity (Wildman–Crippen MR) is 116 cm³/mol. The molecule has 4 rings (SSSR count). The summed E-state index contributed by atoms with van der Waals surface area (Å²) >= 11 is 3.34. The number of rotatable bonds is 5. The number of hydrogen-bond donors (Lipinski definition) is 2. The van der Waals surface area contributed by atoms with E-state index >= 15 is 0 Å². The molecule has 0 bridgehead atoms. The van der Waals surface area contributed by atoms with Gasteiger partial charge in [0.05, 0.1) is 30.4 Å². The molecule has 31 heavy (non-hydrogen) atoms. The van der Waals surface area contributed by atoms with Crippen molar-refractivity contribution in [3.63, 3.8) is 0 Å². The number of aromatic hydroxyl groups is 1. The highest BCUT2D eigenvalue weighted by Gasteiger charge is 2.40. The summed E-state index contributed by atoms with van der Waals surface area (Å²) in [5.41, 5.74) is 1.74. The second-order valence-corrected chi connectivity index (χ2v) is 7.70. The molecule has 2 heterocycles. The van der Waals surface area contributed by atoms with Crippen LogP contribution in [0.3, 0.4) is 0 Å². The lowest BCUT2D eigenvalue weighted by molar-refractivity contribution is -0.118. The molecule has 0 radical (unpaired) electrons. The summed E-state index contributed by atoms with van der Waals surface area (Å²) in [5.74, 6) is -0.00782. The van der Waals surface area contributed by atoms with Gasteiger partial charge in [0, 0.05) is 5.71 Å². The van der Waals surface area contributed by atoms with Gasteiger partial charge in [-0.25, -0.2) is 9.67 Å². The summed E-state index contributed by atoms with van der Waals surface area (Å²) in [6.07, 6.45) is 0. The number of aliphatic imine (C=N–C) groups is 1. The van der Waals surface area contributed by atoms with E-state index in [-0.39, 0.29) is 23.4 Å². The molecule has 1 amide bonds. The Morgan fingerprint density at radius 1 is 1.19 bits per heavy atom. The molecule has 1 aliphatic heterocycles. The SMILES string of the molecule is COc1ccccc1NC(=O)C1C(C)=Nc2nnnn2C1c1cc(Br)c(O)c(OC)c1. The number of para-hydroxylation sites is 2. The quantitative estimate of drug-likeness (QED) is 0.567. The topological polar surface area (TPSA) is 124 Å². The Morgan fingerprint density at radius 3 is 2.68 bits per heavy atom. The smallest absolute Gasteiger partial charge is 0.269 e. The van der Waals surface area contributed by atoms with Crippen molar-refractivity contribution < 1.29 is 19.4 Å². The molecule has 0 saturated carbocycles. The first-order valence-corrected chi connectivity index (χ1v) is 10.1. The monoisotopic (exact) mass is 486 g/mol. The van der Waals surface area contributed by atoms with Crippen LogP contribution in [0.5, 0.6) is 17.2 Å². The maximum absolute atomic E-state index is 13.4. The zero-order valence-corrected chi connectivity index (χ0v) is 18.5. The normalized spacial score (nSPS) is 17.5. The van der Waals surface area contributed by atoms with Gasteiger partial charge in [0.15, 0.2) is 11.5 Å². The van der Waals surface area contributed by atoms with Gasteiger partial charge in [0.1, 0.15) is 11.7 Å². The first-order valence-electron chi connectivity index (χ1n) is 9.28. The van der Waals surface area contributed by atoms with Gasteiger partial charge in [-0.15, -0.1) is 0 Å². The van der Waals surface area contributed by atoms with Crippen LogP contribution in [-0.2, 0) is 4.79 Å². The van der Waals surface area contributed by atoms with Crippen molar-refractivity contribution in [2.75, 3.05) is 19.5 Å². The van der Waals surface area contributed by atoms with Crippen molar-refractivity contribution in [1.82, 2.24) is 20.2 Å². The van der Waals surface area contributed by atoms with E-state index in [0.29, 0.717) is 27.2 Å². The number of carbonyl (C=O) groups is 1. The van der Waals surface area contributed by atoms with Gasteiger partial charge >= 0.3 is 0 Å². The number of nitrogens with zero attached hydrogens (tertiary/aromatic N) is 5. The van der Waals surface area contributed by atoms with Crippen molar-refractivity contribution in [1.29, 1.82) is 0 Å². The summed E-state index contributed by atoms with van der Waals surface area (Å²) in [5, 5.41) is 24.8. The number of aromatic nitrogens is 4. The second-order valence-electron chi connectivity index (χ2n) is 6.84. The molecule has 11 heteroatoms. The number of anilines is 1. The number of tetrazole rings is 1. The maximum atomic E-state index is 13.4. The van der Waals surface area contributed by atoms with Crippen molar-refractivity contribution >= 4 is 39.2 Å². The third-order valence-electron chi connectivity index (χ3n) is 5.04. The zero-order valence-electron chi connectivity index (χ0n) is 16.9. The van der Waals surface area contributed by atoms with Gasteiger partial charge < -0.3 is 19.9 Å². The van der Waals surface area contributed by atoms with E-state index < -0.39 is 12.0 Å². The van der Waals surface area contributed by atoms with Gasteiger partial charge in [-0.05, 0) is 63.1 Å². The standard InChI is InChI=1S/C20H19BrN6O4/c1-10-16(19(29)23-13-6-4-5-7-14(13)30-2)17(27-20(22-10)24-25-26-27)11-8-12(21)18(28)15(9-11)31-3/h4-9,16-17,28H,1-3H3,(H,23,29). The number of halogens is 1.